The van der Waals surface area contributed by atoms with E-state index in [2.05, 4.69) is 32.3 Å². The van der Waals surface area contributed by atoms with Gasteiger partial charge in [-0.15, -0.1) is 0 Å². The molecule has 2 heterocycles. The van der Waals surface area contributed by atoms with Crippen LogP contribution in [0.2, 0.25) is 0 Å². The van der Waals surface area contributed by atoms with E-state index in [1.54, 1.807) is 0 Å². The van der Waals surface area contributed by atoms with Crippen LogP contribution in [0.25, 0.3) is 0 Å². The number of hydrogen-bond donors (Lipinski definition) is 1. The molecule has 2 aliphatic rings. The smallest absolute Gasteiger partial charge is 0.112 e. The first-order chi connectivity index (χ1) is 8.86. The van der Waals surface area contributed by atoms with Crippen molar-refractivity contribution in [3.8, 4) is 0 Å². The number of rotatable bonds is 0. The Kier molecular flexibility index (Phi) is 3.01. The number of fused-ring (bicyclic) bond motifs is 3. The summed E-state index contributed by atoms with van der Waals surface area (Å²) < 4.78 is 2.45. The molecule has 1 aromatic rings. The fourth-order valence-corrected chi connectivity index (χ4v) is 3.82. The van der Waals surface area contributed by atoms with Gasteiger partial charge in [-0.1, -0.05) is 27.7 Å². The molecule has 0 spiro atoms. The summed E-state index contributed by atoms with van der Waals surface area (Å²) in [7, 11) is 0. The van der Waals surface area contributed by atoms with E-state index >= 15 is 0 Å². The van der Waals surface area contributed by atoms with Gasteiger partial charge >= 0.3 is 0 Å². The van der Waals surface area contributed by atoms with Crippen LogP contribution in [-0.2, 0) is 19.4 Å². The molecule has 0 saturated carbocycles. The van der Waals surface area contributed by atoms with Gasteiger partial charge in [0.25, 0.3) is 0 Å². The van der Waals surface area contributed by atoms with Crippen molar-refractivity contribution < 1.29 is 0 Å². The summed E-state index contributed by atoms with van der Waals surface area (Å²) in [5.74, 6) is 2.58. The Balaban J connectivity index is 1.97. The van der Waals surface area contributed by atoms with Crippen molar-refractivity contribution in [2.45, 2.75) is 71.9 Å². The molecule has 2 N–H and O–H groups in total. The van der Waals surface area contributed by atoms with Gasteiger partial charge in [0.1, 0.15) is 5.82 Å². The lowest BCUT2D eigenvalue weighted by Crippen LogP contribution is -2.35. The van der Waals surface area contributed by atoms with Crippen molar-refractivity contribution in [2.75, 3.05) is 0 Å². The standard InChI is InChI=1S/C16H27N3/c1-10-7-12(17)9-19-14-8-11(16(2,3)4)5-6-13(14)18-15(10)19/h10-12H,5-9,17H2,1-4H3. The van der Waals surface area contributed by atoms with Gasteiger partial charge in [0.15, 0.2) is 0 Å². The topological polar surface area (TPSA) is 43.8 Å². The highest BCUT2D eigenvalue weighted by Gasteiger charge is 2.34. The van der Waals surface area contributed by atoms with E-state index in [-0.39, 0.29) is 0 Å². The van der Waals surface area contributed by atoms with Gasteiger partial charge in [-0.3, -0.25) is 0 Å². The monoisotopic (exact) mass is 261 g/mol. The van der Waals surface area contributed by atoms with E-state index < -0.39 is 0 Å². The second-order valence-corrected chi connectivity index (χ2v) is 7.68. The molecule has 3 heteroatoms. The quantitative estimate of drug-likeness (QED) is 0.780. The minimum Gasteiger partial charge on any atom is -0.330 e. The van der Waals surface area contributed by atoms with Gasteiger partial charge < -0.3 is 10.3 Å². The summed E-state index contributed by atoms with van der Waals surface area (Å²) in [6, 6.07) is 0.302. The van der Waals surface area contributed by atoms with Crippen LogP contribution in [-0.4, -0.2) is 15.6 Å². The molecule has 3 rings (SSSR count). The number of aromatic nitrogens is 2. The average molecular weight is 261 g/mol. The molecule has 3 atom stereocenters. The number of nitrogens with zero attached hydrogens (tertiary/aromatic N) is 2. The maximum absolute atomic E-state index is 6.20. The maximum atomic E-state index is 6.20. The Morgan fingerprint density at radius 3 is 2.74 bits per heavy atom. The Bertz CT molecular complexity index is 481. The molecular weight excluding hydrogens is 234 g/mol. The lowest BCUT2D eigenvalue weighted by atomic mass is 9.72. The fraction of sp³-hybridized carbons (Fsp3) is 0.812. The summed E-state index contributed by atoms with van der Waals surface area (Å²) in [6.07, 6.45) is 4.70. The predicted octanol–water partition coefficient (Wildman–Crippen LogP) is 2.87. The highest BCUT2D eigenvalue weighted by Crippen LogP contribution is 2.39. The molecule has 106 valence electrons. The Hall–Kier alpha value is -0.830. The fourth-order valence-electron chi connectivity index (χ4n) is 3.82. The second-order valence-electron chi connectivity index (χ2n) is 7.68. The van der Waals surface area contributed by atoms with E-state index in [1.165, 1.54) is 30.1 Å². The molecule has 3 unspecified atom stereocenters. The lowest BCUT2D eigenvalue weighted by molar-refractivity contribution is 0.210. The highest BCUT2D eigenvalue weighted by molar-refractivity contribution is 5.24. The van der Waals surface area contributed by atoms with E-state index in [9.17, 15) is 0 Å². The largest absolute Gasteiger partial charge is 0.330 e. The Labute approximate surface area is 116 Å². The van der Waals surface area contributed by atoms with Crippen LogP contribution in [0.4, 0.5) is 0 Å². The van der Waals surface area contributed by atoms with E-state index in [0.717, 1.165) is 25.3 Å². The van der Waals surface area contributed by atoms with Gasteiger partial charge in [-0.2, -0.15) is 0 Å². The van der Waals surface area contributed by atoms with Crippen molar-refractivity contribution >= 4 is 0 Å². The molecular formula is C16H27N3. The summed E-state index contributed by atoms with van der Waals surface area (Å²) >= 11 is 0. The van der Waals surface area contributed by atoms with E-state index in [4.69, 9.17) is 10.7 Å². The normalized spacial score (nSPS) is 30.9. The Morgan fingerprint density at radius 2 is 2.05 bits per heavy atom. The molecule has 0 bridgehead atoms. The summed E-state index contributed by atoms with van der Waals surface area (Å²) in [6.45, 7) is 10.3. The molecule has 0 aromatic carbocycles. The first-order valence-electron chi connectivity index (χ1n) is 7.70. The number of imidazole rings is 1. The van der Waals surface area contributed by atoms with Gasteiger partial charge in [0, 0.05) is 24.2 Å². The number of aryl methyl sites for hydroxylation is 1. The number of hydrogen-bond acceptors (Lipinski definition) is 2. The predicted molar refractivity (Wildman–Crippen MR) is 78.2 cm³/mol. The third kappa shape index (κ3) is 2.22. The minimum atomic E-state index is 0.302. The first-order valence-corrected chi connectivity index (χ1v) is 7.70. The van der Waals surface area contributed by atoms with Gasteiger partial charge in [0.2, 0.25) is 0 Å². The molecule has 3 nitrogen and oxygen atoms in total. The third-order valence-corrected chi connectivity index (χ3v) is 5.09. The summed E-state index contributed by atoms with van der Waals surface area (Å²) in [4.78, 5) is 4.93. The van der Waals surface area contributed by atoms with Gasteiger partial charge in [-0.25, -0.2) is 4.98 Å². The summed E-state index contributed by atoms with van der Waals surface area (Å²) in [5.41, 5.74) is 9.44. The SMILES string of the molecule is CC1CC(N)Cn2c1nc1c2CC(C(C)(C)C)CC1. The lowest BCUT2D eigenvalue weighted by Gasteiger charge is -2.35. The average Bonchev–Trinajstić information content (AvgIpc) is 2.66. The maximum Gasteiger partial charge on any atom is 0.112 e. The van der Waals surface area contributed by atoms with E-state index in [0.29, 0.717) is 17.4 Å². The van der Waals surface area contributed by atoms with Crippen molar-refractivity contribution in [1.82, 2.24) is 9.55 Å². The van der Waals surface area contributed by atoms with Crippen molar-refractivity contribution in [2.24, 2.45) is 17.1 Å². The van der Waals surface area contributed by atoms with Crippen LogP contribution in [0.5, 0.6) is 0 Å². The third-order valence-electron chi connectivity index (χ3n) is 5.09. The van der Waals surface area contributed by atoms with Crippen LogP contribution >= 0.6 is 0 Å². The van der Waals surface area contributed by atoms with E-state index in [1.807, 2.05) is 0 Å². The zero-order chi connectivity index (χ0) is 13.8. The van der Waals surface area contributed by atoms with Crippen LogP contribution in [0, 0.1) is 11.3 Å². The Morgan fingerprint density at radius 1 is 1.32 bits per heavy atom. The molecule has 0 saturated heterocycles. The first kappa shape index (κ1) is 13.2. The molecule has 1 aliphatic heterocycles. The van der Waals surface area contributed by atoms with Crippen molar-refractivity contribution in [3.63, 3.8) is 0 Å². The highest BCUT2D eigenvalue weighted by atomic mass is 15.1. The zero-order valence-electron chi connectivity index (χ0n) is 12.7. The van der Waals surface area contributed by atoms with Gasteiger partial charge in [-0.05, 0) is 37.0 Å². The molecule has 19 heavy (non-hydrogen) atoms. The van der Waals surface area contributed by atoms with Crippen LogP contribution in [0.3, 0.4) is 0 Å². The molecule has 1 aliphatic carbocycles. The summed E-state index contributed by atoms with van der Waals surface area (Å²) in [5, 5.41) is 0. The number of nitrogens with two attached hydrogens (primary N) is 1. The van der Waals surface area contributed by atoms with Crippen LogP contribution in [0.1, 0.15) is 63.7 Å². The molecule has 0 amide bonds. The van der Waals surface area contributed by atoms with Crippen molar-refractivity contribution in [3.05, 3.63) is 17.2 Å². The molecule has 0 fully saturated rings. The molecule has 1 aromatic heterocycles. The molecule has 0 radical (unpaired) electrons. The van der Waals surface area contributed by atoms with Crippen molar-refractivity contribution in [1.29, 1.82) is 0 Å². The van der Waals surface area contributed by atoms with Gasteiger partial charge in [0.05, 0.1) is 5.69 Å². The van der Waals surface area contributed by atoms with Crippen LogP contribution in [0.15, 0.2) is 0 Å². The van der Waals surface area contributed by atoms with Crippen LogP contribution < -0.4 is 5.73 Å². The zero-order valence-corrected chi connectivity index (χ0v) is 12.7. The second kappa shape index (κ2) is 4.34. The minimum absolute atomic E-state index is 0.302.